The predicted molar refractivity (Wildman–Crippen MR) is 115 cm³/mol. The third kappa shape index (κ3) is 4.67. The minimum Gasteiger partial charge on any atom is -0.497 e. The molecule has 2 heterocycles. The first-order valence-corrected chi connectivity index (χ1v) is 10.6. The Morgan fingerprint density at radius 1 is 1.03 bits per heavy atom. The average Bonchev–Trinajstić information content (AvgIpc) is 3.16. The van der Waals surface area contributed by atoms with Crippen LogP contribution in [0.1, 0.15) is 49.3 Å². The number of benzene rings is 2. The molecule has 0 N–H and O–H groups in total. The molecular weight excluding hydrogens is 362 g/mol. The van der Waals surface area contributed by atoms with Gasteiger partial charge >= 0.3 is 0 Å². The van der Waals surface area contributed by atoms with Crippen molar-refractivity contribution in [3.63, 3.8) is 0 Å². The van der Waals surface area contributed by atoms with E-state index in [1.165, 1.54) is 18.4 Å². The Morgan fingerprint density at radius 3 is 2.59 bits per heavy atom. The fourth-order valence-electron chi connectivity index (χ4n) is 4.29. The highest BCUT2D eigenvalue weighted by Gasteiger charge is 2.28. The molecule has 1 atom stereocenters. The number of carbonyl (C=O) groups is 1. The van der Waals surface area contributed by atoms with Crippen LogP contribution in [0.4, 0.5) is 0 Å². The number of ether oxygens (including phenoxy) is 1. The maximum absolute atomic E-state index is 13.0. The van der Waals surface area contributed by atoms with Crippen molar-refractivity contribution in [3.8, 4) is 5.75 Å². The Kier molecular flexibility index (Phi) is 6.25. The fourth-order valence-corrected chi connectivity index (χ4v) is 4.29. The molecule has 0 radical (unpaired) electrons. The van der Waals surface area contributed by atoms with Crippen LogP contribution in [0.3, 0.4) is 0 Å². The van der Waals surface area contributed by atoms with Gasteiger partial charge in [0.2, 0.25) is 0 Å². The minimum atomic E-state index is 0.0938. The highest BCUT2D eigenvalue weighted by atomic mass is 16.5. The standard InChI is InChI=1S/C24H29N3O2/c1-29-21-13-11-20(12-14-21)23-10-6-3-7-16-26(23)18-24(28)27-17-15-22(25-27)19-8-4-2-5-9-19/h2,4-5,8-9,11-14,23H,3,6-7,10,15-18H2,1H3/t23-/m1/s1. The molecule has 1 amide bonds. The van der Waals surface area contributed by atoms with Gasteiger partial charge in [0.05, 0.1) is 25.9 Å². The molecule has 0 aliphatic carbocycles. The van der Waals surface area contributed by atoms with Gasteiger partial charge in [-0.05, 0) is 42.6 Å². The zero-order valence-electron chi connectivity index (χ0n) is 17.1. The van der Waals surface area contributed by atoms with E-state index in [-0.39, 0.29) is 11.9 Å². The van der Waals surface area contributed by atoms with E-state index in [0.717, 1.165) is 42.8 Å². The number of rotatable bonds is 5. The third-order valence-corrected chi connectivity index (χ3v) is 5.90. The second kappa shape index (κ2) is 9.23. The van der Waals surface area contributed by atoms with Crippen LogP contribution in [-0.4, -0.2) is 48.3 Å². The molecule has 0 spiro atoms. The zero-order valence-corrected chi connectivity index (χ0v) is 17.1. The molecule has 1 saturated heterocycles. The van der Waals surface area contributed by atoms with Crippen molar-refractivity contribution >= 4 is 11.6 Å². The lowest BCUT2D eigenvalue weighted by molar-refractivity contribution is -0.132. The second-order valence-electron chi connectivity index (χ2n) is 7.79. The van der Waals surface area contributed by atoms with Crippen LogP contribution < -0.4 is 4.74 Å². The van der Waals surface area contributed by atoms with Crippen LogP contribution in [-0.2, 0) is 4.79 Å². The van der Waals surface area contributed by atoms with E-state index >= 15 is 0 Å². The molecular formula is C24H29N3O2. The smallest absolute Gasteiger partial charge is 0.256 e. The zero-order chi connectivity index (χ0) is 20.1. The summed E-state index contributed by atoms with van der Waals surface area (Å²) in [7, 11) is 1.69. The van der Waals surface area contributed by atoms with Crippen LogP contribution in [0.15, 0.2) is 59.7 Å². The fraction of sp³-hybridized carbons (Fsp3) is 0.417. The van der Waals surface area contributed by atoms with Gasteiger partial charge in [0.1, 0.15) is 5.75 Å². The number of amides is 1. The molecule has 2 aliphatic heterocycles. The molecule has 2 aliphatic rings. The van der Waals surface area contributed by atoms with Crippen LogP contribution in [0.25, 0.3) is 0 Å². The van der Waals surface area contributed by atoms with Gasteiger partial charge in [-0.1, -0.05) is 55.3 Å². The van der Waals surface area contributed by atoms with Crippen molar-refractivity contribution in [3.05, 3.63) is 65.7 Å². The van der Waals surface area contributed by atoms with Gasteiger partial charge in [0.15, 0.2) is 0 Å². The van der Waals surface area contributed by atoms with E-state index < -0.39 is 0 Å². The SMILES string of the molecule is COc1ccc([C@H]2CCCCCN2CC(=O)N2CCC(c3ccccc3)=N2)cc1. The van der Waals surface area contributed by atoms with Gasteiger partial charge in [-0.3, -0.25) is 9.69 Å². The number of hydrogen-bond acceptors (Lipinski definition) is 4. The first-order chi connectivity index (χ1) is 14.2. The van der Waals surface area contributed by atoms with Crippen molar-refractivity contribution < 1.29 is 9.53 Å². The number of methoxy groups -OCH3 is 1. The Hall–Kier alpha value is -2.66. The Balaban J connectivity index is 1.47. The van der Waals surface area contributed by atoms with Crippen molar-refractivity contribution in [2.45, 2.75) is 38.1 Å². The van der Waals surface area contributed by atoms with Gasteiger partial charge in [-0.25, -0.2) is 5.01 Å². The second-order valence-corrected chi connectivity index (χ2v) is 7.79. The molecule has 0 unspecified atom stereocenters. The molecule has 152 valence electrons. The van der Waals surface area contributed by atoms with Crippen molar-refractivity contribution in [1.29, 1.82) is 0 Å². The lowest BCUT2D eigenvalue weighted by atomic mass is 10.0. The highest BCUT2D eigenvalue weighted by Crippen LogP contribution is 2.31. The molecule has 2 aromatic carbocycles. The van der Waals surface area contributed by atoms with E-state index in [1.54, 1.807) is 12.1 Å². The third-order valence-electron chi connectivity index (χ3n) is 5.90. The lowest BCUT2D eigenvalue weighted by Gasteiger charge is -2.30. The van der Waals surface area contributed by atoms with Gasteiger partial charge in [0, 0.05) is 12.5 Å². The Labute approximate surface area is 173 Å². The molecule has 5 nitrogen and oxygen atoms in total. The van der Waals surface area contributed by atoms with Crippen molar-refractivity contribution in [2.75, 3.05) is 26.7 Å². The van der Waals surface area contributed by atoms with E-state index in [4.69, 9.17) is 4.74 Å². The van der Waals surface area contributed by atoms with Gasteiger partial charge in [-0.2, -0.15) is 5.10 Å². The van der Waals surface area contributed by atoms with E-state index in [9.17, 15) is 4.79 Å². The van der Waals surface area contributed by atoms with E-state index in [2.05, 4.69) is 34.3 Å². The summed E-state index contributed by atoms with van der Waals surface area (Å²) in [4.78, 5) is 15.4. The number of hydrazone groups is 1. The van der Waals surface area contributed by atoms with Crippen LogP contribution in [0.2, 0.25) is 0 Å². The summed E-state index contributed by atoms with van der Waals surface area (Å²) in [5.74, 6) is 0.959. The summed E-state index contributed by atoms with van der Waals surface area (Å²) in [6.45, 7) is 2.04. The van der Waals surface area contributed by atoms with E-state index in [1.807, 2.05) is 30.3 Å². The first-order valence-electron chi connectivity index (χ1n) is 10.6. The Bertz CT molecular complexity index is 848. The topological polar surface area (TPSA) is 45.1 Å². The molecule has 29 heavy (non-hydrogen) atoms. The minimum absolute atomic E-state index is 0.0938. The van der Waals surface area contributed by atoms with Crippen molar-refractivity contribution in [1.82, 2.24) is 9.91 Å². The summed E-state index contributed by atoms with van der Waals surface area (Å²) in [6, 6.07) is 18.7. The molecule has 2 aromatic rings. The summed E-state index contributed by atoms with van der Waals surface area (Å²) in [5, 5.41) is 6.29. The molecule has 0 aromatic heterocycles. The highest BCUT2D eigenvalue weighted by molar-refractivity contribution is 6.02. The molecule has 0 saturated carbocycles. The summed E-state index contributed by atoms with van der Waals surface area (Å²) in [6.07, 6.45) is 5.45. The normalized spacial score (nSPS) is 20.2. The average molecular weight is 392 g/mol. The number of hydrogen-bond donors (Lipinski definition) is 0. The largest absolute Gasteiger partial charge is 0.497 e. The lowest BCUT2D eigenvalue weighted by Crippen LogP contribution is -2.39. The van der Waals surface area contributed by atoms with Gasteiger partial charge in [0.25, 0.3) is 5.91 Å². The van der Waals surface area contributed by atoms with Crippen LogP contribution >= 0.6 is 0 Å². The first kappa shape index (κ1) is 19.6. The van der Waals surface area contributed by atoms with Crippen LogP contribution in [0, 0.1) is 0 Å². The van der Waals surface area contributed by atoms with Gasteiger partial charge < -0.3 is 4.74 Å². The molecule has 4 rings (SSSR count). The summed E-state index contributed by atoms with van der Waals surface area (Å²) < 4.78 is 5.30. The predicted octanol–water partition coefficient (Wildman–Crippen LogP) is 4.25. The maximum atomic E-state index is 13.0. The monoisotopic (exact) mass is 391 g/mol. The molecule has 0 bridgehead atoms. The number of nitrogens with zero attached hydrogens (tertiary/aromatic N) is 3. The van der Waals surface area contributed by atoms with Crippen LogP contribution in [0.5, 0.6) is 5.75 Å². The maximum Gasteiger partial charge on any atom is 0.256 e. The Morgan fingerprint density at radius 2 is 1.83 bits per heavy atom. The number of carbonyl (C=O) groups excluding carboxylic acids is 1. The van der Waals surface area contributed by atoms with Crippen molar-refractivity contribution in [2.24, 2.45) is 5.10 Å². The number of likely N-dealkylation sites (tertiary alicyclic amines) is 1. The molecule has 5 heteroatoms. The van der Waals surface area contributed by atoms with E-state index in [0.29, 0.717) is 13.1 Å². The van der Waals surface area contributed by atoms with Gasteiger partial charge in [-0.15, -0.1) is 0 Å². The summed E-state index contributed by atoms with van der Waals surface area (Å²) >= 11 is 0. The summed E-state index contributed by atoms with van der Waals surface area (Å²) in [5.41, 5.74) is 3.37. The quantitative estimate of drug-likeness (QED) is 0.765. The molecule has 1 fully saturated rings.